The molecule has 0 N–H and O–H groups in total. The van der Waals surface area contributed by atoms with Gasteiger partial charge in [-0.05, 0) is 27.3 Å². The first-order valence-electron chi connectivity index (χ1n) is 6.00. The molecule has 1 aliphatic heterocycles. The highest BCUT2D eigenvalue weighted by molar-refractivity contribution is 4.84. The van der Waals surface area contributed by atoms with Crippen LogP contribution in [0.4, 0.5) is 0 Å². The van der Waals surface area contributed by atoms with Crippen molar-refractivity contribution in [2.45, 2.75) is 45.6 Å². The molecule has 2 heteroatoms. The fourth-order valence-electron chi connectivity index (χ4n) is 2.18. The summed E-state index contributed by atoms with van der Waals surface area (Å²) in [6.07, 6.45) is 4.02. The molecule has 0 aliphatic carbocycles. The zero-order valence-electron chi connectivity index (χ0n) is 10.3. The molecule has 1 rings (SSSR count). The molecule has 1 saturated heterocycles. The summed E-state index contributed by atoms with van der Waals surface area (Å²) in [5, 5.41) is 0. The van der Waals surface area contributed by atoms with E-state index < -0.39 is 0 Å². The molecular formula is C12H26N2. The molecule has 0 atom stereocenters. The van der Waals surface area contributed by atoms with Gasteiger partial charge in [-0.1, -0.05) is 19.8 Å². The topological polar surface area (TPSA) is 6.48 Å². The maximum absolute atomic E-state index is 2.66. The number of nitrogens with zero attached hydrogens (tertiary/aromatic N) is 2. The Hall–Kier alpha value is -0.0800. The minimum absolute atomic E-state index is 0.414. The molecule has 0 aromatic rings. The van der Waals surface area contributed by atoms with E-state index in [9.17, 15) is 0 Å². The molecule has 0 saturated carbocycles. The number of rotatable bonds is 4. The fraction of sp³-hybridized carbons (Fsp3) is 1.00. The lowest BCUT2D eigenvalue weighted by Gasteiger charge is -2.43. The molecule has 0 aromatic carbocycles. The monoisotopic (exact) mass is 198 g/mol. The second kappa shape index (κ2) is 5.13. The predicted octanol–water partition coefficient (Wildman–Crippen LogP) is 2.20. The Morgan fingerprint density at radius 1 is 1.07 bits per heavy atom. The highest BCUT2D eigenvalue weighted by Crippen LogP contribution is 2.22. The van der Waals surface area contributed by atoms with Crippen molar-refractivity contribution in [1.29, 1.82) is 0 Å². The van der Waals surface area contributed by atoms with Crippen molar-refractivity contribution in [3.8, 4) is 0 Å². The molecule has 1 heterocycles. The summed E-state index contributed by atoms with van der Waals surface area (Å²) in [4.78, 5) is 5.08. The van der Waals surface area contributed by atoms with Crippen molar-refractivity contribution < 1.29 is 0 Å². The number of likely N-dealkylation sites (N-methyl/N-ethyl adjacent to an activating group) is 1. The Morgan fingerprint density at radius 2 is 1.64 bits per heavy atom. The normalized spacial score (nSPS) is 21.4. The van der Waals surface area contributed by atoms with Crippen LogP contribution in [0.3, 0.4) is 0 Å². The van der Waals surface area contributed by atoms with Gasteiger partial charge < -0.3 is 4.90 Å². The van der Waals surface area contributed by atoms with Gasteiger partial charge in [0.2, 0.25) is 0 Å². The lowest BCUT2D eigenvalue weighted by atomic mass is 9.94. The van der Waals surface area contributed by atoms with Gasteiger partial charge in [0.15, 0.2) is 0 Å². The Labute approximate surface area is 89.3 Å². The maximum Gasteiger partial charge on any atom is 0.0154 e. The van der Waals surface area contributed by atoms with Crippen molar-refractivity contribution in [2.24, 2.45) is 0 Å². The zero-order chi connectivity index (χ0) is 10.6. The van der Waals surface area contributed by atoms with Gasteiger partial charge in [0.25, 0.3) is 0 Å². The molecule has 0 amide bonds. The van der Waals surface area contributed by atoms with E-state index in [1.54, 1.807) is 0 Å². The maximum atomic E-state index is 2.66. The van der Waals surface area contributed by atoms with Gasteiger partial charge in [-0.2, -0.15) is 0 Å². The van der Waals surface area contributed by atoms with E-state index >= 15 is 0 Å². The van der Waals surface area contributed by atoms with Crippen molar-refractivity contribution >= 4 is 0 Å². The Kier molecular flexibility index (Phi) is 4.39. The van der Waals surface area contributed by atoms with Crippen molar-refractivity contribution in [3.63, 3.8) is 0 Å². The molecule has 84 valence electrons. The zero-order valence-corrected chi connectivity index (χ0v) is 10.3. The largest absolute Gasteiger partial charge is 0.304 e. The molecular weight excluding hydrogens is 172 g/mol. The van der Waals surface area contributed by atoms with Gasteiger partial charge in [-0.3, -0.25) is 4.90 Å². The Balaban J connectivity index is 2.38. The molecule has 0 spiro atoms. The minimum Gasteiger partial charge on any atom is -0.304 e. The average molecular weight is 198 g/mol. The molecule has 2 nitrogen and oxygen atoms in total. The standard InChI is InChI=1S/C12H26N2/c1-5-6-7-12(2,3)14-10-8-13(4)9-11-14/h5-11H2,1-4H3. The Morgan fingerprint density at radius 3 is 2.14 bits per heavy atom. The highest BCUT2D eigenvalue weighted by Gasteiger charge is 2.28. The van der Waals surface area contributed by atoms with Crippen LogP contribution in [0, 0.1) is 0 Å². The van der Waals surface area contributed by atoms with Gasteiger partial charge in [0.1, 0.15) is 0 Å². The van der Waals surface area contributed by atoms with E-state index in [-0.39, 0.29) is 0 Å². The molecule has 0 unspecified atom stereocenters. The number of hydrogen-bond acceptors (Lipinski definition) is 2. The van der Waals surface area contributed by atoms with Crippen LogP contribution in [-0.4, -0.2) is 48.6 Å². The summed E-state index contributed by atoms with van der Waals surface area (Å²) < 4.78 is 0. The second-order valence-corrected chi connectivity index (χ2v) is 5.21. The second-order valence-electron chi connectivity index (χ2n) is 5.21. The average Bonchev–Trinajstić information content (AvgIpc) is 2.16. The summed E-state index contributed by atoms with van der Waals surface area (Å²) in [5.74, 6) is 0. The van der Waals surface area contributed by atoms with Gasteiger partial charge in [-0.25, -0.2) is 0 Å². The van der Waals surface area contributed by atoms with Gasteiger partial charge in [0, 0.05) is 31.7 Å². The van der Waals surface area contributed by atoms with E-state index in [0.29, 0.717) is 5.54 Å². The Bertz CT molecular complexity index is 158. The smallest absolute Gasteiger partial charge is 0.0154 e. The minimum atomic E-state index is 0.414. The van der Waals surface area contributed by atoms with Crippen LogP contribution in [-0.2, 0) is 0 Å². The fourth-order valence-corrected chi connectivity index (χ4v) is 2.18. The summed E-state index contributed by atoms with van der Waals surface area (Å²) in [7, 11) is 2.22. The van der Waals surface area contributed by atoms with Gasteiger partial charge in [0.05, 0.1) is 0 Å². The summed E-state index contributed by atoms with van der Waals surface area (Å²) >= 11 is 0. The summed E-state index contributed by atoms with van der Waals surface area (Å²) in [6.45, 7) is 12.0. The van der Waals surface area contributed by atoms with Crippen LogP contribution >= 0.6 is 0 Å². The van der Waals surface area contributed by atoms with Crippen LogP contribution in [0.1, 0.15) is 40.0 Å². The highest BCUT2D eigenvalue weighted by atomic mass is 15.3. The number of unbranched alkanes of at least 4 members (excludes halogenated alkanes) is 1. The van der Waals surface area contributed by atoms with Crippen LogP contribution in [0.2, 0.25) is 0 Å². The molecule has 0 bridgehead atoms. The van der Waals surface area contributed by atoms with E-state index in [0.717, 1.165) is 0 Å². The predicted molar refractivity (Wildman–Crippen MR) is 62.7 cm³/mol. The molecule has 1 fully saturated rings. The van der Waals surface area contributed by atoms with Crippen molar-refractivity contribution in [3.05, 3.63) is 0 Å². The third-order valence-corrected chi connectivity index (χ3v) is 3.50. The van der Waals surface area contributed by atoms with Crippen LogP contribution < -0.4 is 0 Å². The first kappa shape index (κ1) is 12.0. The molecule has 14 heavy (non-hydrogen) atoms. The first-order chi connectivity index (χ1) is 6.56. The quantitative estimate of drug-likeness (QED) is 0.683. The third-order valence-electron chi connectivity index (χ3n) is 3.50. The van der Waals surface area contributed by atoms with E-state index in [1.165, 1.54) is 45.4 Å². The lowest BCUT2D eigenvalue weighted by Crippen LogP contribution is -2.53. The van der Waals surface area contributed by atoms with Crippen LogP contribution in [0.25, 0.3) is 0 Å². The SMILES string of the molecule is CCCCC(C)(C)N1CCN(C)CC1. The van der Waals surface area contributed by atoms with Crippen molar-refractivity contribution in [2.75, 3.05) is 33.2 Å². The number of hydrogen-bond donors (Lipinski definition) is 0. The van der Waals surface area contributed by atoms with Gasteiger partial charge >= 0.3 is 0 Å². The number of piperazine rings is 1. The summed E-state index contributed by atoms with van der Waals surface area (Å²) in [6, 6.07) is 0. The lowest BCUT2D eigenvalue weighted by molar-refractivity contribution is 0.0554. The van der Waals surface area contributed by atoms with Crippen LogP contribution in [0.15, 0.2) is 0 Å². The van der Waals surface area contributed by atoms with E-state index in [2.05, 4.69) is 37.6 Å². The van der Waals surface area contributed by atoms with Gasteiger partial charge in [-0.15, -0.1) is 0 Å². The first-order valence-corrected chi connectivity index (χ1v) is 6.00. The van der Waals surface area contributed by atoms with E-state index in [4.69, 9.17) is 0 Å². The molecule has 0 aromatic heterocycles. The molecule has 0 radical (unpaired) electrons. The summed E-state index contributed by atoms with van der Waals surface area (Å²) in [5.41, 5.74) is 0.414. The van der Waals surface area contributed by atoms with Crippen molar-refractivity contribution in [1.82, 2.24) is 9.80 Å². The molecule has 1 aliphatic rings. The van der Waals surface area contributed by atoms with Crippen LogP contribution in [0.5, 0.6) is 0 Å². The third kappa shape index (κ3) is 3.25. The van der Waals surface area contributed by atoms with E-state index in [1.807, 2.05) is 0 Å².